The van der Waals surface area contributed by atoms with E-state index >= 15 is 0 Å². The van der Waals surface area contributed by atoms with Crippen LogP contribution in [0, 0.1) is 0 Å². The molecule has 0 bridgehead atoms. The summed E-state index contributed by atoms with van der Waals surface area (Å²) < 4.78 is 7.85. The van der Waals surface area contributed by atoms with Gasteiger partial charge in [-0.25, -0.2) is 4.98 Å². The molecule has 1 atom stereocenters. The number of benzene rings is 1. The van der Waals surface area contributed by atoms with Crippen molar-refractivity contribution in [2.75, 3.05) is 18.9 Å². The number of nitrogens with zero attached hydrogens (tertiary/aromatic N) is 4. The predicted molar refractivity (Wildman–Crippen MR) is 93.9 cm³/mol. The van der Waals surface area contributed by atoms with Gasteiger partial charge in [-0.2, -0.15) is 0 Å². The lowest BCUT2D eigenvalue weighted by molar-refractivity contribution is 0.193. The molecule has 4 rings (SSSR count). The molecule has 2 aromatic heterocycles. The normalized spacial score (nSPS) is 17.4. The van der Waals surface area contributed by atoms with Gasteiger partial charge in [-0.1, -0.05) is 41.7 Å². The summed E-state index contributed by atoms with van der Waals surface area (Å²) >= 11 is 1.45. The molecule has 0 spiro atoms. The number of nitrogens with two attached hydrogens (primary N) is 1. The molecular formula is C17H19N5OS. The first-order valence-corrected chi connectivity index (χ1v) is 8.89. The highest BCUT2D eigenvalue weighted by molar-refractivity contribution is 7.15. The summed E-state index contributed by atoms with van der Waals surface area (Å²) in [5.74, 6) is 0.391. The van der Waals surface area contributed by atoms with E-state index in [0.717, 1.165) is 48.9 Å². The summed E-state index contributed by atoms with van der Waals surface area (Å²) in [5, 5.41) is 9.46. The second kappa shape index (κ2) is 6.70. The van der Waals surface area contributed by atoms with Crippen LogP contribution in [0.5, 0.6) is 0 Å². The molecule has 7 heteroatoms. The van der Waals surface area contributed by atoms with Gasteiger partial charge >= 0.3 is 0 Å². The van der Waals surface area contributed by atoms with E-state index in [9.17, 15) is 0 Å². The fraction of sp³-hybridized carbons (Fsp3) is 0.353. The topological polar surface area (TPSA) is 78.9 Å². The number of anilines is 1. The SMILES string of the molecule is Nc1nnc(CCn2cnc(-c3ccccc3)c2[C@@H]2CCOC2)s1. The van der Waals surface area contributed by atoms with Crippen molar-refractivity contribution in [2.45, 2.75) is 25.3 Å². The van der Waals surface area contributed by atoms with E-state index in [1.165, 1.54) is 17.0 Å². The van der Waals surface area contributed by atoms with E-state index in [0.29, 0.717) is 11.0 Å². The second-order valence-corrected chi connectivity index (χ2v) is 6.98. The molecule has 1 aromatic carbocycles. The number of rotatable bonds is 5. The number of nitrogen functional groups attached to an aromatic ring is 1. The van der Waals surface area contributed by atoms with E-state index in [1.807, 2.05) is 24.5 Å². The first kappa shape index (κ1) is 15.3. The van der Waals surface area contributed by atoms with Crippen LogP contribution in [0.1, 0.15) is 23.0 Å². The maximum atomic E-state index is 5.67. The minimum Gasteiger partial charge on any atom is -0.381 e. The quantitative estimate of drug-likeness (QED) is 0.772. The standard InChI is InChI=1S/C17H19N5OS/c18-17-21-20-14(24-17)6-8-22-11-19-15(12-4-2-1-3-5-12)16(22)13-7-9-23-10-13/h1-5,11,13H,6-10H2,(H2,18,21)/t13-/m1/s1. The van der Waals surface area contributed by atoms with Gasteiger partial charge in [0.1, 0.15) is 5.01 Å². The Balaban J connectivity index is 1.64. The second-order valence-electron chi connectivity index (χ2n) is 5.88. The van der Waals surface area contributed by atoms with Gasteiger partial charge in [0.15, 0.2) is 0 Å². The molecule has 2 N–H and O–H groups in total. The van der Waals surface area contributed by atoms with E-state index in [2.05, 4.69) is 26.9 Å². The molecule has 0 aliphatic carbocycles. The summed E-state index contributed by atoms with van der Waals surface area (Å²) in [6.07, 6.45) is 3.78. The molecule has 3 heterocycles. The van der Waals surface area contributed by atoms with E-state index < -0.39 is 0 Å². The lowest BCUT2D eigenvalue weighted by Crippen LogP contribution is -2.10. The van der Waals surface area contributed by atoms with Gasteiger partial charge in [0.2, 0.25) is 5.13 Å². The zero-order chi connectivity index (χ0) is 16.4. The first-order chi connectivity index (χ1) is 11.8. The number of aryl methyl sites for hydroxylation is 2. The van der Waals surface area contributed by atoms with E-state index in [4.69, 9.17) is 15.5 Å². The molecule has 1 aliphatic heterocycles. The molecule has 1 fully saturated rings. The van der Waals surface area contributed by atoms with Crippen molar-refractivity contribution in [3.05, 3.63) is 47.4 Å². The number of ether oxygens (including phenoxy) is 1. The third kappa shape index (κ3) is 3.05. The van der Waals surface area contributed by atoms with Crippen LogP contribution in [0.15, 0.2) is 36.7 Å². The average Bonchev–Trinajstić information content (AvgIpc) is 3.34. The Morgan fingerprint density at radius 3 is 2.83 bits per heavy atom. The number of imidazole rings is 1. The Morgan fingerprint density at radius 1 is 1.25 bits per heavy atom. The van der Waals surface area contributed by atoms with Crippen molar-refractivity contribution in [3.8, 4) is 11.3 Å². The van der Waals surface area contributed by atoms with Crippen molar-refractivity contribution in [2.24, 2.45) is 0 Å². The third-order valence-corrected chi connectivity index (χ3v) is 5.10. The summed E-state index contributed by atoms with van der Waals surface area (Å²) in [7, 11) is 0. The van der Waals surface area contributed by atoms with Gasteiger partial charge in [-0.3, -0.25) is 0 Å². The Kier molecular flexibility index (Phi) is 4.27. The maximum Gasteiger partial charge on any atom is 0.203 e. The van der Waals surface area contributed by atoms with Gasteiger partial charge in [0, 0.05) is 31.1 Å². The van der Waals surface area contributed by atoms with Gasteiger partial charge in [-0.15, -0.1) is 10.2 Å². The maximum absolute atomic E-state index is 5.67. The largest absolute Gasteiger partial charge is 0.381 e. The van der Waals surface area contributed by atoms with E-state index in [-0.39, 0.29) is 0 Å². The highest BCUT2D eigenvalue weighted by Crippen LogP contribution is 2.33. The number of hydrogen-bond donors (Lipinski definition) is 1. The minimum absolute atomic E-state index is 0.391. The van der Waals surface area contributed by atoms with Crippen molar-refractivity contribution >= 4 is 16.5 Å². The third-order valence-electron chi connectivity index (χ3n) is 4.29. The van der Waals surface area contributed by atoms with Crippen molar-refractivity contribution in [1.82, 2.24) is 19.7 Å². The Labute approximate surface area is 144 Å². The van der Waals surface area contributed by atoms with Crippen molar-refractivity contribution < 1.29 is 4.74 Å². The summed E-state index contributed by atoms with van der Waals surface area (Å²) in [6, 6.07) is 10.3. The predicted octanol–water partition coefficient (Wildman–Crippen LogP) is 2.73. The average molecular weight is 341 g/mol. The zero-order valence-electron chi connectivity index (χ0n) is 13.3. The molecule has 1 saturated heterocycles. The zero-order valence-corrected chi connectivity index (χ0v) is 14.1. The first-order valence-electron chi connectivity index (χ1n) is 8.07. The fourth-order valence-corrected chi connectivity index (χ4v) is 3.75. The van der Waals surface area contributed by atoms with E-state index in [1.54, 1.807) is 0 Å². The monoisotopic (exact) mass is 341 g/mol. The lowest BCUT2D eigenvalue weighted by atomic mass is 9.99. The lowest BCUT2D eigenvalue weighted by Gasteiger charge is -2.14. The Morgan fingerprint density at radius 2 is 2.12 bits per heavy atom. The van der Waals surface area contributed by atoms with Crippen molar-refractivity contribution in [3.63, 3.8) is 0 Å². The molecule has 0 amide bonds. The molecule has 24 heavy (non-hydrogen) atoms. The Bertz CT molecular complexity index is 808. The molecule has 0 unspecified atom stereocenters. The smallest absolute Gasteiger partial charge is 0.203 e. The molecule has 6 nitrogen and oxygen atoms in total. The van der Waals surface area contributed by atoms with Crippen LogP contribution in [-0.4, -0.2) is 33.0 Å². The fourth-order valence-electron chi connectivity index (χ4n) is 3.15. The molecule has 1 aliphatic rings. The summed E-state index contributed by atoms with van der Waals surface area (Å²) in [5.41, 5.74) is 9.14. The van der Waals surface area contributed by atoms with Crippen LogP contribution in [0.3, 0.4) is 0 Å². The molecule has 3 aromatic rings. The minimum atomic E-state index is 0.391. The molecule has 124 valence electrons. The number of aromatic nitrogens is 4. The molecule has 0 saturated carbocycles. The van der Waals surface area contributed by atoms with Crippen molar-refractivity contribution in [1.29, 1.82) is 0 Å². The summed E-state index contributed by atoms with van der Waals surface area (Å²) in [4.78, 5) is 4.70. The van der Waals surface area contributed by atoms with Gasteiger partial charge in [0.05, 0.1) is 24.3 Å². The van der Waals surface area contributed by atoms with Crippen LogP contribution in [0.4, 0.5) is 5.13 Å². The number of hydrogen-bond acceptors (Lipinski definition) is 6. The molecule has 0 radical (unpaired) electrons. The van der Waals surface area contributed by atoms with Gasteiger partial charge < -0.3 is 15.0 Å². The van der Waals surface area contributed by atoms with Crippen LogP contribution < -0.4 is 5.73 Å². The van der Waals surface area contributed by atoms with Crippen LogP contribution in [0.25, 0.3) is 11.3 Å². The Hall–Kier alpha value is -2.25. The van der Waals surface area contributed by atoms with Gasteiger partial charge in [-0.05, 0) is 6.42 Å². The van der Waals surface area contributed by atoms with Crippen LogP contribution >= 0.6 is 11.3 Å². The van der Waals surface area contributed by atoms with Crippen LogP contribution in [-0.2, 0) is 17.7 Å². The highest BCUT2D eigenvalue weighted by Gasteiger charge is 2.25. The highest BCUT2D eigenvalue weighted by atomic mass is 32.1. The van der Waals surface area contributed by atoms with Crippen LogP contribution in [0.2, 0.25) is 0 Å². The molecular weight excluding hydrogens is 322 g/mol. The van der Waals surface area contributed by atoms with Gasteiger partial charge in [0.25, 0.3) is 0 Å². The summed E-state index contributed by atoms with van der Waals surface area (Å²) in [6.45, 7) is 2.40.